The van der Waals surface area contributed by atoms with Crippen LogP contribution in [0.1, 0.15) is 37.7 Å². The molecule has 1 aromatic carbocycles. The van der Waals surface area contributed by atoms with E-state index in [1.165, 1.54) is 0 Å². The van der Waals surface area contributed by atoms with Crippen LogP contribution in [0, 0.1) is 5.92 Å². The Morgan fingerprint density at radius 3 is 2.95 bits per heavy atom. The summed E-state index contributed by atoms with van der Waals surface area (Å²) in [6.07, 6.45) is 4.95. The molecule has 5 nitrogen and oxygen atoms in total. The second-order valence-electron chi connectivity index (χ2n) is 6.03. The molecule has 4 N–H and O–H groups in total. The fourth-order valence-electron chi connectivity index (χ4n) is 3.17. The van der Waals surface area contributed by atoms with Gasteiger partial charge in [0.2, 0.25) is 11.8 Å². The van der Waals surface area contributed by atoms with Gasteiger partial charge >= 0.3 is 0 Å². The minimum Gasteiger partial charge on any atom is -0.328 e. The van der Waals surface area contributed by atoms with Gasteiger partial charge in [-0.25, -0.2) is 0 Å². The fraction of sp³-hybridized carbons (Fsp3) is 0.500. The maximum atomic E-state index is 12.3. The number of benzene rings is 1. The van der Waals surface area contributed by atoms with Gasteiger partial charge in [-0.3, -0.25) is 9.59 Å². The molecule has 0 spiro atoms. The lowest BCUT2D eigenvalue weighted by atomic mass is 9.85. The van der Waals surface area contributed by atoms with Crippen molar-refractivity contribution < 1.29 is 9.59 Å². The number of hydrogen-bond donors (Lipinski definition) is 3. The Morgan fingerprint density at radius 1 is 1.29 bits per heavy atom. The fourth-order valence-corrected chi connectivity index (χ4v) is 3.17. The molecule has 1 saturated carbocycles. The number of nitrogens with two attached hydrogens (primary N) is 1. The summed E-state index contributed by atoms with van der Waals surface area (Å²) in [5.41, 5.74) is 8.67. The summed E-state index contributed by atoms with van der Waals surface area (Å²) in [5.74, 6) is 0.130. The number of nitrogens with one attached hydrogen (secondary N) is 2. The average molecular weight is 287 g/mol. The van der Waals surface area contributed by atoms with Crippen LogP contribution in [0.15, 0.2) is 18.2 Å². The van der Waals surface area contributed by atoms with E-state index in [4.69, 9.17) is 5.73 Å². The van der Waals surface area contributed by atoms with E-state index in [0.717, 1.165) is 49.0 Å². The summed E-state index contributed by atoms with van der Waals surface area (Å²) in [4.78, 5) is 23.6. The Bertz CT molecular complexity index is 571. The van der Waals surface area contributed by atoms with Crippen LogP contribution in [0.3, 0.4) is 0 Å². The Morgan fingerprint density at radius 2 is 2.14 bits per heavy atom. The van der Waals surface area contributed by atoms with Crippen molar-refractivity contribution in [2.75, 3.05) is 10.6 Å². The van der Waals surface area contributed by atoms with Gasteiger partial charge in [0, 0.05) is 29.8 Å². The van der Waals surface area contributed by atoms with Crippen LogP contribution in [0.5, 0.6) is 0 Å². The van der Waals surface area contributed by atoms with Crippen molar-refractivity contribution >= 4 is 23.2 Å². The SMILES string of the molecule is NC1CCCC(C(=O)Nc2ccc3c(c2)CCC(=O)N3)C1. The number of carbonyl (C=O) groups is 2. The zero-order valence-electron chi connectivity index (χ0n) is 12.0. The predicted molar refractivity (Wildman–Crippen MR) is 82.0 cm³/mol. The van der Waals surface area contributed by atoms with Gasteiger partial charge in [-0.2, -0.15) is 0 Å². The third-order valence-corrected chi connectivity index (χ3v) is 4.35. The molecule has 1 aliphatic carbocycles. The predicted octanol–water partition coefficient (Wildman–Crippen LogP) is 2.03. The maximum Gasteiger partial charge on any atom is 0.227 e. The molecule has 3 rings (SSSR count). The summed E-state index contributed by atoms with van der Waals surface area (Å²) in [7, 11) is 0. The molecule has 1 aliphatic heterocycles. The van der Waals surface area contributed by atoms with Crippen molar-refractivity contribution in [3.05, 3.63) is 23.8 Å². The molecule has 5 heteroatoms. The van der Waals surface area contributed by atoms with E-state index >= 15 is 0 Å². The van der Waals surface area contributed by atoms with Crippen molar-refractivity contribution in [3.8, 4) is 0 Å². The highest BCUT2D eigenvalue weighted by atomic mass is 16.2. The van der Waals surface area contributed by atoms with Gasteiger partial charge in [-0.05, 0) is 49.4 Å². The van der Waals surface area contributed by atoms with E-state index in [-0.39, 0.29) is 23.8 Å². The average Bonchev–Trinajstić information content (AvgIpc) is 2.47. The van der Waals surface area contributed by atoms with Crippen molar-refractivity contribution in [2.24, 2.45) is 11.7 Å². The Labute approximate surface area is 124 Å². The molecule has 0 saturated heterocycles. The lowest BCUT2D eigenvalue weighted by molar-refractivity contribution is -0.121. The maximum absolute atomic E-state index is 12.3. The molecule has 0 bridgehead atoms. The van der Waals surface area contributed by atoms with Crippen molar-refractivity contribution in [2.45, 2.75) is 44.6 Å². The number of amides is 2. The lowest BCUT2D eigenvalue weighted by Gasteiger charge is -2.26. The van der Waals surface area contributed by atoms with Crippen LogP contribution in [0.4, 0.5) is 11.4 Å². The van der Waals surface area contributed by atoms with Gasteiger partial charge in [0.25, 0.3) is 0 Å². The van der Waals surface area contributed by atoms with Crippen LogP contribution < -0.4 is 16.4 Å². The Balaban J connectivity index is 1.67. The van der Waals surface area contributed by atoms with E-state index in [0.29, 0.717) is 6.42 Å². The van der Waals surface area contributed by atoms with E-state index in [9.17, 15) is 9.59 Å². The highest BCUT2D eigenvalue weighted by Crippen LogP contribution is 2.28. The van der Waals surface area contributed by atoms with Gasteiger partial charge in [-0.15, -0.1) is 0 Å². The first-order chi connectivity index (χ1) is 10.1. The lowest BCUT2D eigenvalue weighted by Crippen LogP contribution is -2.34. The quantitative estimate of drug-likeness (QED) is 0.778. The smallest absolute Gasteiger partial charge is 0.227 e. The van der Waals surface area contributed by atoms with Crippen LogP contribution in [-0.2, 0) is 16.0 Å². The topological polar surface area (TPSA) is 84.2 Å². The molecule has 2 atom stereocenters. The van der Waals surface area contributed by atoms with Gasteiger partial charge < -0.3 is 16.4 Å². The highest BCUT2D eigenvalue weighted by molar-refractivity contribution is 5.96. The standard InChI is InChI=1S/C16H21N3O2/c17-12-3-1-2-11(8-12)16(21)18-13-5-6-14-10(9-13)4-7-15(20)19-14/h5-6,9,11-12H,1-4,7-8,17H2,(H,18,21)(H,19,20). The number of hydrogen-bond acceptors (Lipinski definition) is 3. The number of anilines is 2. The molecular weight excluding hydrogens is 266 g/mol. The summed E-state index contributed by atoms with van der Waals surface area (Å²) < 4.78 is 0. The van der Waals surface area contributed by atoms with Crippen LogP contribution >= 0.6 is 0 Å². The molecular formula is C16H21N3O2. The number of carbonyl (C=O) groups excluding carboxylic acids is 2. The largest absolute Gasteiger partial charge is 0.328 e. The molecule has 21 heavy (non-hydrogen) atoms. The highest BCUT2D eigenvalue weighted by Gasteiger charge is 2.25. The monoisotopic (exact) mass is 287 g/mol. The Kier molecular flexibility index (Phi) is 3.92. The summed E-state index contributed by atoms with van der Waals surface area (Å²) in [6, 6.07) is 5.79. The van der Waals surface area contributed by atoms with Crippen molar-refractivity contribution in [1.82, 2.24) is 0 Å². The number of fused-ring (bicyclic) bond motifs is 1. The van der Waals surface area contributed by atoms with Crippen LogP contribution in [0.25, 0.3) is 0 Å². The molecule has 1 fully saturated rings. The third kappa shape index (κ3) is 3.24. The third-order valence-electron chi connectivity index (χ3n) is 4.35. The van der Waals surface area contributed by atoms with E-state index in [2.05, 4.69) is 10.6 Å². The molecule has 1 heterocycles. The van der Waals surface area contributed by atoms with Crippen molar-refractivity contribution in [1.29, 1.82) is 0 Å². The summed E-state index contributed by atoms with van der Waals surface area (Å²) >= 11 is 0. The normalized spacial score (nSPS) is 24.9. The van der Waals surface area contributed by atoms with E-state index in [1.54, 1.807) is 0 Å². The van der Waals surface area contributed by atoms with Gasteiger partial charge in [0.1, 0.15) is 0 Å². The van der Waals surface area contributed by atoms with Crippen molar-refractivity contribution in [3.63, 3.8) is 0 Å². The molecule has 0 radical (unpaired) electrons. The second kappa shape index (κ2) is 5.85. The van der Waals surface area contributed by atoms with E-state index in [1.807, 2.05) is 18.2 Å². The van der Waals surface area contributed by atoms with Crippen LogP contribution in [0.2, 0.25) is 0 Å². The van der Waals surface area contributed by atoms with Gasteiger partial charge in [0.15, 0.2) is 0 Å². The van der Waals surface area contributed by atoms with E-state index < -0.39 is 0 Å². The zero-order valence-corrected chi connectivity index (χ0v) is 12.0. The first kappa shape index (κ1) is 14.1. The summed E-state index contributed by atoms with van der Waals surface area (Å²) in [5, 5.41) is 5.83. The molecule has 2 aliphatic rings. The molecule has 1 aromatic rings. The Hall–Kier alpha value is -1.88. The summed E-state index contributed by atoms with van der Waals surface area (Å²) in [6.45, 7) is 0. The first-order valence-electron chi connectivity index (χ1n) is 7.61. The van der Waals surface area contributed by atoms with Crippen LogP contribution in [-0.4, -0.2) is 17.9 Å². The zero-order chi connectivity index (χ0) is 14.8. The molecule has 2 amide bonds. The minimum atomic E-state index is 0.0180. The first-order valence-corrected chi connectivity index (χ1v) is 7.61. The molecule has 112 valence electrons. The number of aryl methyl sites for hydroxylation is 1. The molecule has 0 aromatic heterocycles. The van der Waals surface area contributed by atoms with Gasteiger partial charge in [0.05, 0.1) is 0 Å². The van der Waals surface area contributed by atoms with Gasteiger partial charge in [-0.1, -0.05) is 6.42 Å². The second-order valence-corrected chi connectivity index (χ2v) is 6.03. The molecule has 2 unspecified atom stereocenters. The number of rotatable bonds is 2. The minimum absolute atomic E-state index is 0.0180.